The van der Waals surface area contributed by atoms with Crippen LogP contribution in [0.4, 0.5) is 27.6 Å². The molecule has 21 heavy (non-hydrogen) atoms. The summed E-state index contributed by atoms with van der Waals surface area (Å²) in [5.74, 6) is -3.86. The lowest BCUT2D eigenvalue weighted by atomic mass is 9.85. The number of anilines is 1. The number of hydrogen-bond acceptors (Lipinski definition) is 2. The van der Waals surface area contributed by atoms with Crippen molar-refractivity contribution in [3.8, 4) is 0 Å². The van der Waals surface area contributed by atoms with Gasteiger partial charge in [0.15, 0.2) is 0 Å². The zero-order valence-electron chi connectivity index (χ0n) is 11.2. The van der Waals surface area contributed by atoms with Crippen LogP contribution < -0.4 is 5.32 Å². The number of para-hydroxylation sites is 1. The maximum Gasteiger partial charge on any atom is 0.391 e. The number of benzene rings is 1. The molecular formula is C14H16F5NS. The van der Waals surface area contributed by atoms with Crippen LogP contribution >= 0.6 is 11.8 Å². The van der Waals surface area contributed by atoms with Crippen LogP contribution in [-0.2, 0) is 0 Å². The van der Waals surface area contributed by atoms with E-state index in [1.807, 2.05) is 0 Å². The fraction of sp³-hybridized carbons (Fsp3) is 0.571. The Kier molecular flexibility index (Phi) is 5.35. The molecule has 118 valence electrons. The number of hydrogen-bond donors (Lipinski definition) is 1. The molecule has 1 N–H and O–H groups in total. The van der Waals surface area contributed by atoms with Crippen LogP contribution in [0.5, 0.6) is 0 Å². The van der Waals surface area contributed by atoms with Crippen LogP contribution in [0.1, 0.15) is 25.7 Å². The summed E-state index contributed by atoms with van der Waals surface area (Å²) in [6.07, 6.45) is -2.92. The second-order valence-corrected chi connectivity index (χ2v) is 6.15. The molecule has 0 saturated heterocycles. The summed E-state index contributed by atoms with van der Waals surface area (Å²) in [7, 11) is 0. The van der Waals surface area contributed by atoms with Crippen molar-refractivity contribution < 1.29 is 22.0 Å². The van der Waals surface area contributed by atoms with Gasteiger partial charge in [-0.05, 0) is 31.4 Å². The van der Waals surface area contributed by atoms with Gasteiger partial charge in [0, 0.05) is 16.6 Å². The van der Waals surface area contributed by atoms with E-state index in [4.69, 9.17) is 0 Å². The van der Waals surface area contributed by atoms with E-state index in [-0.39, 0.29) is 18.9 Å². The van der Waals surface area contributed by atoms with Crippen molar-refractivity contribution >= 4 is 17.4 Å². The van der Waals surface area contributed by atoms with Gasteiger partial charge in [0.25, 0.3) is 5.76 Å². The minimum atomic E-state index is -4.18. The van der Waals surface area contributed by atoms with E-state index in [0.29, 0.717) is 35.2 Å². The normalized spacial score (nSPS) is 23.3. The van der Waals surface area contributed by atoms with E-state index in [1.165, 1.54) is 0 Å². The molecule has 1 aromatic carbocycles. The minimum Gasteiger partial charge on any atom is -0.381 e. The largest absolute Gasteiger partial charge is 0.391 e. The Bertz CT molecular complexity index is 463. The second kappa shape index (κ2) is 6.85. The average Bonchev–Trinajstić information content (AvgIpc) is 2.40. The van der Waals surface area contributed by atoms with Crippen LogP contribution in [0.25, 0.3) is 0 Å². The van der Waals surface area contributed by atoms with Gasteiger partial charge in [-0.3, -0.25) is 0 Å². The molecule has 2 rings (SSSR count). The monoisotopic (exact) mass is 325 g/mol. The minimum absolute atomic E-state index is 0.00280. The van der Waals surface area contributed by atoms with E-state index in [1.54, 1.807) is 24.3 Å². The van der Waals surface area contributed by atoms with E-state index in [2.05, 4.69) is 5.32 Å². The first kappa shape index (κ1) is 16.4. The van der Waals surface area contributed by atoms with Gasteiger partial charge in [0.1, 0.15) is 0 Å². The van der Waals surface area contributed by atoms with E-state index in [0.717, 1.165) is 0 Å². The van der Waals surface area contributed by atoms with Gasteiger partial charge in [0.05, 0.1) is 5.92 Å². The van der Waals surface area contributed by atoms with Crippen LogP contribution in [0.3, 0.4) is 0 Å². The molecule has 1 aliphatic rings. The average molecular weight is 325 g/mol. The van der Waals surface area contributed by atoms with E-state index < -0.39 is 17.9 Å². The van der Waals surface area contributed by atoms with Crippen molar-refractivity contribution in [2.24, 2.45) is 5.92 Å². The molecule has 0 aromatic heterocycles. The first-order chi connectivity index (χ1) is 9.86. The van der Waals surface area contributed by atoms with Crippen molar-refractivity contribution in [1.29, 1.82) is 0 Å². The second-order valence-electron chi connectivity index (χ2n) is 5.12. The molecule has 0 amide bonds. The van der Waals surface area contributed by atoms with Crippen molar-refractivity contribution in [1.82, 2.24) is 0 Å². The molecule has 2 atom stereocenters. The molecule has 1 saturated carbocycles. The van der Waals surface area contributed by atoms with Gasteiger partial charge in [-0.25, -0.2) is 0 Å². The summed E-state index contributed by atoms with van der Waals surface area (Å²) in [6.45, 7) is 0. The molecule has 1 fully saturated rings. The van der Waals surface area contributed by atoms with Crippen LogP contribution in [0.15, 0.2) is 29.2 Å². The quantitative estimate of drug-likeness (QED) is 0.576. The Morgan fingerprint density at radius 2 is 1.86 bits per heavy atom. The lowest BCUT2D eigenvalue weighted by Crippen LogP contribution is -2.34. The predicted molar refractivity (Wildman–Crippen MR) is 73.7 cm³/mol. The summed E-state index contributed by atoms with van der Waals surface area (Å²) >= 11 is 0.402. The molecule has 0 spiro atoms. The van der Waals surface area contributed by atoms with Crippen molar-refractivity contribution in [2.75, 3.05) is 5.32 Å². The molecule has 0 aliphatic heterocycles. The Labute approximate surface area is 124 Å². The highest BCUT2D eigenvalue weighted by molar-refractivity contribution is 7.99. The molecule has 7 heteroatoms. The van der Waals surface area contributed by atoms with Crippen molar-refractivity contribution in [3.63, 3.8) is 0 Å². The fourth-order valence-electron chi connectivity index (χ4n) is 2.62. The number of alkyl halides is 5. The van der Waals surface area contributed by atoms with Crippen LogP contribution in [0, 0.1) is 5.92 Å². The van der Waals surface area contributed by atoms with Gasteiger partial charge < -0.3 is 5.32 Å². The Hall–Kier alpha value is -0.980. The number of thioether (sulfide) groups is 1. The van der Waals surface area contributed by atoms with Crippen molar-refractivity contribution in [3.05, 3.63) is 24.3 Å². The summed E-state index contributed by atoms with van der Waals surface area (Å²) in [5, 5.41) is 3.00. The first-order valence-corrected chi connectivity index (χ1v) is 7.61. The zero-order valence-corrected chi connectivity index (χ0v) is 12.0. The van der Waals surface area contributed by atoms with Crippen molar-refractivity contribution in [2.45, 2.75) is 48.6 Å². The van der Waals surface area contributed by atoms with Gasteiger partial charge >= 0.3 is 6.18 Å². The zero-order chi connectivity index (χ0) is 15.5. The predicted octanol–water partition coefficient (Wildman–Crippen LogP) is 5.53. The standard InChI is InChI=1S/C14H16F5NS/c15-13(16)21-12-7-2-1-6-11(12)20-10-5-3-4-9(8-10)14(17,18)19/h1-2,6-7,9-10,13,20H,3-5,8H2. The highest BCUT2D eigenvalue weighted by Crippen LogP contribution is 2.39. The molecule has 0 heterocycles. The van der Waals surface area contributed by atoms with E-state index in [9.17, 15) is 22.0 Å². The van der Waals surface area contributed by atoms with Crippen LogP contribution in [-0.4, -0.2) is 18.0 Å². The third kappa shape index (κ3) is 4.76. The number of rotatable bonds is 4. The Balaban J connectivity index is 2.04. The summed E-state index contributed by atoms with van der Waals surface area (Å²) in [4.78, 5) is 0.363. The SMILES string of the molecule is FC(F)Sc1ccccc1NC1CCCC(C(F)(F)F)C1. The molecule has 1 nitrogen and oxygen atoms in total. The summed E-state index contributed by atoms with van der Waals surface area (Å²) in [6, 6.07) is 6.16. The van der Waals surface area contributed by atoms with Gasteiger partial charge in [0.2, 0.25) is 0 Å². The number of nitrogens with one attached hydrogen (secondary N) is 1. The molecular weight excluding hydrogens is 309 g/mol. The van der Waals surface area contributed by atoms with Gasteiger partial charge in [-0.15, -0.1) is 0 Å². The Morgan fingerprint density at radius 3 is 2.52 bits per heavy atom. The Morgan fingerprint density at radius 1 is 1.14 bits per heavy atom. The topological polar surface area (TPSA) is 12.0 Å². The molecule has 0 bridgehead atoms. The molecule has 1 aromatic rings. The fourth-order valence-corrected chi connectivity index (χ4v) is 3.23. The third-order valence-corrected chi connectivity index (χ3v) is 4.39. The number of halogens is 5. The third-order valence-electron chi connectivity index (χ3n) is 3.60. The summed E-state index contributed by atoms with van der Waals surface area (Å²) < 4.78 is 63.3. The highest BCUT2D eigenvalue weighted by atomic mass is 32.2. The lowest BCUT2D eigenvalue weighted by Gasteiger charge is -2.32. The van der Waals surface area contributed by atoms with Crippen LogP contribution in [0.2, 0.25) is 0 Å². The maximum absolute atomic E-state index is 12.8. The lowest BCUT2D eigenvalue weighted by molar-refractivity contribution is -0.182. The molecule has 2 unspecified atom stereocenters. The molecule has 1 aliphatic carbocycles. The first-order valence-electron chi connectivity index (χ1n) is 6.73. The van der Waals surface area contributed by atoms with E-state index >= 15 is 0 Å². The highest BCUT2D eigenvalue weighted by Gasteiger charge is 2.42. The summed E-state index contributed by atoms with van der Waals surface area (Å²) in [5.41, 5.74) is 0.482. The van der Waals surface area contributed by atoms with Gasteiger partial charge in [-0.1, -0.05) is 30.3 Å². The molecule has 0 radical (unpaired) electrons. The van der Waals surface area contributed by atoms with Gasteiger partial charge in [-0.2, -0.15) is 22.0 Å². The maximum atomic E-state index is 12.8. The smallest absolute Gasteiger partial charge is 0.381 e.